The van der Waals surface area contributed by atoms with Crippen LogP contribution in [0.5, 0.6) is 0 Å². The Kier molecular flexibility index (Phi) is 2.55. The minimum atomic E-state index is 0.499. The summed E-state index contributed by atoms with van der Waals surface area (Å²) in [6, 6.07) is 2.46. The lowest BCUT2D eigenvalue weighted by Crippen LogP contribution is -2.25. The van der Waals surface area contributed by atoms with E-state index in [1.807, 2.05) is 10.7 Å². The fourth-order valence-corrected chi connectivity index (χ4v) is 1.88. The molecule has 0 radical (unpaired) electrons. The van der Waals surface area contributed by atoms with Crippen molar-refractivity contribution in [2.24, 2.45) is 0 Å². The number of rotatable bonds is 5. The van der Waals surface area contributed by atoms with Gasteiger partial charge in [-0.05, 0) is 36.3 Å². The van der Waals surface area contributed by atoms with Gasteiger partial charge in [0.1, 0.15) is 0 Å². The van der Waals surface area contributed by atoms with Crippen molar-refractivity contribution in [3.8, 4) is 0 Å². The third-order valence-corrected chi connectivity index (χ3v) is 2.99. The average molecular weight is 233 g/mol. The summed E-state index contributed by atoms with van der Waals surface area (Å²) >= 11 is 0. The first-order valence-corrected chi connectivity index (χ1v) is 5.92. The number of furan rings is 1. The van der Waals surface area contributed by atoms with E-state index in [-0.39, 0.29) is 0 Å². The van der Waals surface area contributed by atoms with Crippen molar-refractivity contribution in [2.75, 3.05) is 11.4 Å². The second kappa shape index (κ2) is 4.20. The Balaban J connectivity index is 1.81. The molecule has 0 aliphatic heterocycles. The van der Waals surface area contributed by atoms with Crippen LogP contribution >= 0.6 is 0 Å². The lowest BCUT2D eigenvalue weighted by Gasteiger charge is -2.20. The first-order valence-electron chi connectivity index (χ1n) is 5.92. The van der Waals surface area contributed by atoms with Crippen molar-refractivity contribution in [1.29, 1.82) is 0 Å². The minimum Gasteiger partial charge on any atom is -0.472 e. The number of nitrogens with zero attached hydrogens (tertiary/aromatic N) is 5. The minimum absolute atomic E-state index is 0.499. The second-order valence-corrected chi connectivity index (χ2v) is 4.30. The van der Waals surface area contributed by atoms with Gasteiger partial charge in [-0.15, -0.1) is 0 Å². The maximum atomic E-state index is 5.08. The molecule has 90 valence electrons. The lowest BCUT2D eigenvalue weighted by molar-refractivity contribution is 0.561. The lowest BCUT2D eigenvalue weighted by atomic mass is 10.3. The van der Waals surface area contributed by atoms with E-state index in [0.717, 1.165) is 24.6 Å². The molecule has 0 amide bonds. The highest BCUT2D eigenvalue weighted by Gasteiger charge is 2.29. The van der Waals surface area contributed by atoms with E-state index in [1.54, 1.807) is 12.5 Å². The molecule has 0 atom stereocenters. The molecule has 2 heterocycles. The van der Waals surface area contributed by atoms with Crippen LogP contribution in [-0.2, 0) is 6.54 Å². The van der Waals surface area contributed by atoms with Crippen LogP contribution in [0.1, 0.15) is 31.4 Å². The Labute approximate surface area is 99.2 Å². The van der Waals surface area contributed by atoms with E-state index in [0.29, 0.717) is 6.04 Å². The normalized spacial score (nSPS) is 15.1. The van der Waals surface area contributed by atoms with E-state index in [2.05, 4.69) is 27.3 Å². The summed E-state index contributed by atoms with van der Waals surface area (Å²) in [5.74, 6) is 0.858. The molecule has 1 saturated carbocycles. The number of anilines is 1. The highest BCUT2D eigenvalue weighted by molar-refractivity contribution is 5.31. The van der Waals surface area contributed by atoms with Gasteiger partial charge < -0.3 is 9.32 Å². The Morgan fingerprint density at radius 1 is 1.53 bits per heavy atom. The quantitative estimate of drug-likeness (QED) is 0.785. The standard InChI is InChI=1S/C11H15N5O/c1-2-15(7-9-5-6-17-8-9)11-12-13-14-16(11)10-3-4-10/h5-6,8,10H,2-4,7H2,1H3. The summed E-state index contributed by atoms with van der Waals surface area (Å²) < 4.78 is 7.02. The fourth-order valence-electron chi connectivity index (χ4n) is 1.88. The average Bonchev–Trinajstić information content (AvgIpc) is 2.88. The summed E-state index contributed by atoms with van der Waals surface area (Å²) in [6.45, 7) is 3.75. The first kappa shape index (κ1) is 10.3. The highest BCUT2D eigenvalue weighted by atomic mass is 16.3. The molecule has 2 aromatic heterocycles. The molecule has 0 N–H and O–H groups in total. The Bertz CT molecular complexity index is 474. The third-order valence-electron chi connectivity index (χ3n) is 2.99. The van der Waals surface area contributed by atoms with Crippen LogP contribution in [0.4, 0.5) is 5.95 Å². The first-order chi connectivity index (χ1) is 8.38. The Morgan fingerprint density at radius 2 is 2.41 bits per heavy atom. The third kappa shape index (κ3) is 2.02. The van der Waals surface area contributed by atoms with Crippen LogP contribution in [0, 0.1) is 0 Å². The van der Waals surface area contributed by atoms with Crippen molar-refractivity contribution in [2.45, 2.75) is 32.4 Å². The van der Waals surface area contributed by atoms with Crippen molar-refractivity contribution in [1.82, 2.24) is 20.2 Å². The van der Waals surface area contributed by atoms with Gasteiger partial charge in [0, 0.05) is 18.7 Å². The smallest absolute Gasteiger partial charge is 0.246 e. The van der Waals surface area contributed by atoms with Gasteiger partial charge in [0.2, 0.25) is 5.95 Å². The van der Waals surface area contributed by atoms with Crippen LogP contribution in [0.25, 0.3) is 0 Å². The summed E-state index contributed by atoms with van der Waals surface area (Å²) in [6.07, 6.45) is 5.81. The van der Waals surface area contributed by atoms with Crippen LogP contribution in [0.3, 0.4) is 0 Å². The van der Waals surface area contributed by atoms with Gasteiger partial charge in [0.15, 0.2) is 0 Å². The molecule has 0 aromatic carbocycles. The van der Waals surface area contributed by atoms with Crippen molar-refractivity contribution in [3.05, 3.63) is 24.2 Å². The molecule has 1 aliphatic rings. The molecular formula is C11H15N5O. The fraction of sp³-hybridized carbons (Fsp3) is 0.545. The van der Waals surface area contributed by atoms with Crippen molar-refractivity contribution >= 4 is 5.95 Å². The van der Waals surface area contributed by atoms with Gasteiger partial charge >= 0.3 is 0 Å². The van der Waals surface area contributed by atoms with Gasteiger partial charge in [-0.25, -0.2) is 4.68 Å². The van der Waals surface area contributed by atoms with Gasteiger partial charge in [0.25, 0.3) is 0 Å². The predicted molar refractivity (Wildman–Crippen MR) is 61.5 cm³/mol. The SMILES string of the molecule is CCN(Cc1ccoc1)c1nnnn1C1CC1. The maximum Gasteiger partial charge on any atom is 0.246 e. The number of aromatic nitrogens is 4. The topological polar surface area (TPSA) is 60.0 Å². The highest BCUT2D eigenvalue weighted by Crippen LogP contribution is 2.36. The molecule has 1 aliphatic carbocycles. The van der Waals surface area contributed by atoms with Crippen LogP contribution in [-0.4, -0.2) is 26.8 Å². The number of hydrogen-bond donors (Lipinski definition) is 0. The predicted octanol–water partition coefficient (Wildman–Crippen LogP) is 1.63. The molecule has 1 fully saturated rings. The van der Waals surface area contributed by atoms with Gasteiger partial charge in [0.05, 0.1) is 18.6 Å². The largest absolute Gasteiger partial charge is 0.472 e. The van der Waals surface area contributed by atoms with Gasteiger partial charge in [-0.3, -0.25) is 0 Å². The molecule has 6 heteroatoms. The zero-order valence-corrected chi connectivity index (χ0v) is 9.78. The van der Waals surface area contributed by atoms with E-state index in [1.165, 1.54) is 12.8 Å². The second-order valence-electron chi connectivity index (χ2n) is 4.30. The monoisotopic (exact) mass is 233 g/mol. The van der Waals surface area contributed by atoms with E-state index in [9.17, 15) is 0 Å². The molecular weight excluding hydrogens is 218 g/mol. The maximum absolute atomic E-state index is 5.08. The molecule has 0 bridgehead atoms. The van der Waals surface area contributed by atoms with Gasteiger partial charge in [-0.2, -0.15) is 0 Å². The van der Waals surface area contributed by atoms with E-state index < -0.39 is 0 Å². The molecule has 0 unspecified atom stereocenters. The molecule has 0 saturated heterocycles. The molecule has 0 spiro atoms. The van der Waals surface area contributed by atoms with Crippen LogP contribution in [0.15, 0.2) is 23.0 Å². The zero-order chi connectivity index (χ0) is 11.7. The van der Waals surface area contributed by atoms with Crippen LogP contribution in [0.2, 0.25) is 0 Å². The molecule has 3 rings (SSSR count). The summed E-state index contributed by atoms with van der Waals surface area (Å²) in [4.78, 5) is 2.16. The van der Waals surface area contributed by atoms with Crippen LogP contribution < -0.4 is 4.90 Å². The van der Waals surface area contributed by atoms with E-state index >= 15 is 0 Å². The number of hydrogen-bond acceptors (Lipinski definition) is 5. The zero-order valence-electron chi connectivity index (χ0n) is 9.78. The summed E-state index contributed by atoms with van der Waals surface area (Å²) in [7, 11) is 0. The Hall–Kier alpha value is -1.85. The van der Waals surface area contributed by atoms with E-state index in [4.69, 9.17) is 4.42 Å². The molecule has 2 aromatic rings. The number of tetrazole rings is 1. The molecule has 6 nitrogen and oxygen atoms in total. The molecule has 17 heavy (non-hydrogen) atoms. The summed E-state index contributed by atoms with van der Waals surface area (Å²) in [5.41, 5.74) is 1.14. The van der Waals surface area contributed by atoms with Crippen molar-refractivity contribution < 1.29 is 4.42 Å². The van der Waals surface area contributed by atoms with Gasteiger partial charge in [-0.1, -0.05) is 5.10 Å². The van der Waals surface area contributed by atoms with Crippen molar-refractivity contribution in [3.63, 3.8) is 0 Å². The Morgan fingerprint density at radius 3 is 3.06 bits per heavy atom. The summed E-state index contributed by atoms with van der Waals surface area (Å²) in [5, 5.41) is 12.0.